The minimum atomic E-state index is -4.46. The zero-order valence-corrected chi connectivity index (χ0v) is 12.9. The Morgan fingerprint density at radius 2 is 1.88 bits per heavy atom. The first-order valence-electron chi connectivity index (χ1n) is 7.13. The summed E-state index contributed by atoms with van der Waals surface area (Å²) >= 11 is 0. The summed E-state index contributed by atoms with van der Waals surface area (Å²) in [5.41, 5.74) is 0.715. The third-order valence-corrected chi connectivity index (χ3v) is 3.07. The lowest BCUT2D eigenvalue weighted by atomic mass is 10.1. The second kappa shape index (κ2) is 7.55. The molecule has 2 aromatic carbocycles. The lowest BCUT2D eigenvalue weighted by Crippen LogP contribution is -2.28. The molecule has 0 fully saturated rings. The molecule has 0 spiro atoms. The number of carbonyl (C=O) groups is 1. The fourth-order valence-corrected chi connectivity index (χ4v) is 2.00. The topological polar surface area (TPSA) is 41.1 Å². The summed E-state index contributed by atoms with van der Waals surface area (Å²) in [4.78, 5) is 11.7. The number of halogens is 3. The second-order valence-corrected chi connectivity index (χ2v) is 5.02. The van der Waals surface area contributed by atoms with Gasteiger partial charge in [-0.2, -0.15) is 13.2 Å². The van der Waals surface area contributed by atoms with Crippen LogP contribution in [0.5, 0.6) is 0 Å². The molecule has 0 atom stereocenters. The van der Waals surface area contributed by atoms with Gasteiger partial charge < -0.3 is 10.6 Å². The van der Waals surface area contributed by atoms with Crippen molar-refractivity contribution in [3.8, 4) is 11.8 Å². The number of hydrogen-bond donors (Lipinski definition) is 2. The zero-order valence-electron chi connectivity index (χ0n) is 12.9. The molecule has 0 saturated carbocycles. The first-order valence-corrected chi connectivity index (χ1v) is 7.13. The molecular formula is C18H15F3N2O. The van der Waals surface area contributed by atoms with Crippen molar-refractivity contribution in [2.75, 3.05) is 11.9 Å². The number of hydrogen-bond acceptors (Lipinski definition) is 1. The molecule has 0 radical (unpaired) electrons. The van der Waals surface area contributed by atoms with Crippen molar-refractivity contribution in [1.82, 2.24) is 5.32 Å². The smallest absolute Gasteiger partial charge is 0.327 e. The predicted octanol–water partition coefficient (Wildman–Crippen LogP) is 4.19. The average Bonchev–Trinajstić information content (AvgIpc) is 2.51. The number of rotatable bonds is 2. The van der Waals surface area contributed by atoms with Crippen LogP contribution in [0, 0.1) is 18.8 Å². The van der Waals surface area contributed by atoms with Crippen LogP contribution in [0.3, 0.4) is 0 Å². The van der Waals surface area contributed by atoms with Crippen LogP contribution in [-0.2, 0) is 6.18 Å². The molecule has 3 nitrogen and oxygen atoms in total. The molecule has 2 rings (SSSR count). The second-order valence-electron chi connectivity index (χ2n) is 5.02. The van der Waals surface area contributed by atoms with E-state index in [0.29, 0.717) is 5.69 Å². The van der Waals surface area contributed by atoms with Gasteiger partial charge in [-0.1, -0.05) is 36.1 Å². The van der Waals surface area contributed by atoms with Gasteiger partial charge in [-0.15, -0.1) is 0 Å². The Morgan fingerprint density at radius 3 is 2.58 bits per heavy atom. The maximum atomic E-state index is 12.8. The van der Waals surface area contributed by atoms with Crippen LogP contribution in [0.15, 0.2) is 48.5 Å². The molecule has 0 aromatic heterocycles. The van der Waals surface area contributed by atoms with E-state index < -0.39 is 17.8 Å². The van der Waals surface area contributed by atoms with Crippen LogP contribution in [0.2, 0.25) is 0 Å². The molecule has 0 aliphatic heterocycles. The Bertz CT molecular complexity index is 789. The minimum absolute atomic E-state index is 0.0656. The number of nitrogens with one attached hydrogen (secondary N) is 2. The van der Waals surface area contributed by atoms with Crippen molar-refractivity contribution in [3.05, 3.63) is 65.2 Å². The maximum absolute atomic E-state index is 12.8. The number of urea groups is 1. The van der Waals surface area contributed by atoms with Crippen molar-refractivity contribution in [2.24, 2.45) is 0 Å². The normalized spacial score (nSPS) is 10.5. The van der Waals surface area contributed by atoms with E-state index >= 15 is 0 Å². The number of carbonyl (C=O) groups excluding carboxylic acids is 1. The molecule has 2 N–H and O–H groups in total. The molecule has 2 aromatic rings. The molecule has 0 aliphatic rings. The average molecular weight is 332 g/mol. The van der Waals surface area contributed by atoms with Crippen LogP contribution in [0.25, 0.3) is 0 Å². The van der Waals surface area contributed by atoms with Crippen LogP contribution < -0.4 is 10.6 Å². The predicted molar refractivity (Wildman–Crippen MR) is 86.5 cm³/mol. The van der Waals surface area contributed by atoms with E-state index in [1.165, 1.54) is 18.2 Å². The molecule has 0 saturated heterocycles. The lowest BCUT2D eigenvalue weighted by Gasteiger charge is -2.08. The fraction of sp³-hybridized carbons (Fsp3) is 0.167. The van der Waals surface area contributed by atoms with Gasteiger partial charge in [0.1, 0.15) is 0 Å². The van der Waals surface area contributed by atoms with Crippen molar-refractivity contribution < 1.29 is 18.0 Å². The number of anilines is 1. The van der Waals surface area contributed by atoms with E-state index in [9.17, 15) is 18.0 Å². The summed E-state index contributed by atoms with van der Waals surface area (Å²) in [5.74, 6) is 4.96. The first-order chi connectivity index (χ1) is 11.4. The minimum Gasteiger partial charge on any atom is -0.327 e. The van der Waals surface area contributed by atoms with Crippen molar-refractivity contribution in [1.29, 1.82) is 0 Å². The highest BCUT2D eigenvalue weighted by Gasteiger charge is 2.32. The largest absolute Gasteiger partial charge is 0.417 e. The molecule has 0 unspecified atom stereocenters. The van der Waals surface area contributed by atoms with Gasteiger partial charge >= 0.3 is 12.2 Å². The third-order valence-electron chi connectivity index (χ3n) is 3.07. The highest BCUT2D eigenvalue weighted by Crippen LogP contribution is 2.31. The molecule has 0 aliphatic carbocycles. The molecule has 24 heavy (non-hydrogen) atoms. The zero-order chi connectivity index (χ0) is 17.6. The highest BCUT2D eigenvalue weighted by atomic mass is 19.4. The van der Waals surface area contributed by atoms with Crippen molar-refractivity contribution in [2.45, 2.75) is 13.1 Å². The van der Waals surface area contributed by atoms with Gasteiger partial charge in [-0.05, 0) is 36.8 Å². The molecule has 124 valence electrons. The Balaban J connectivity index is 1.94. The number of alkyl halides is 3. The third kappa shape index (κ3) is 5.06. The van der Waals surface area contributed by atoms with Gasteiger partial charge in [0.15, 0.2) is 0 Å². The van der Waals surface area contributed by atoms with Gasteiger partial charge in [-0.25, -0.2) is 4.79 Å². The van der Waals surface area contributed by atoms with Gasteiger partial charge in [0.05, 0.1) is 12.1 Å². The summed E-state index contributed by atoms with van der Waals surface area (Å²) < 4.78 is 38.4. The monoisotopic (exact) mass is 332 g/mol. The number of amides is 2. The lowest BCUT2D eigenvalue weighted by molar-refractivity contribution is -0.137. The van der Waals surface area contributed by atoms with Crippen molar-refractivity contribution >= 4 is 11.7 Å². The van der Waals surface area contributed by atoms with Crippen LogP contribution in [0.1, 0.15) is 16.7 Å². The van der Waals surface area contributed by atoms with E-state index in [1.807, 2.05) is 13.0 Å². The van der Waals surface area contributed by atoms with Gasteiger partial charge in [-0.3, -0.25) is 0 Å². The van der Waals surface area contributed by atoms with E-state index in [2.05, 4.69) is 22.5 Å². The summed E-state index contributed by atoms with van der Waals surface area (Å²) in [7, 11) is 0. The van der Waals surface area contributed by atoms with Gasteiger partial charge in [0.25, 0.3) is 0 Å². The van der Waals surface area contributed by atoms with Gasteiger partial charge in [0, 0.05) is 11.3 Å². The standard InChI is InChI=1S/C18H15F3N2O/c1-13-6-4-9-15(12-13)23-17(24)22-11-5-8-14-7-2-3-10-16(14)18(19,20)21/h2-4,6-7,9-10,12H,11H2,1H3,(H2,22,23,24). The van der Waals surface area contributed by atoms with E-state index in [1.54, 1.807) is 18.2 Å². The molecule has 2 amide bonds. The fourth-order valence-electron chi connectivity index (χ4n) is 2.00. The van der Waals surface area contributed by atoms with E-state index in [4.69, 9.17) is 0 Å². The van der Waals surface area contributed by atoms with Crippen LogP contribution >= 0.6 is 0 Å². The van der Waals surface area contributed by atoms with E-state index in [0.717, 1.165) is 11.6 Å². The van der Waals surface area contributed by atoms with Crippen LogP contribution in [0.4, 0.5) is 23.7 Å². The Morgan fingerprint density at radius 1 is 1.12 bits per heavy atom. The number of aryl methyl sites for hydroxylation is 1. The Labute approximate surface area is 137 Å². The summed E-state index contributed by atoms with van der Waals surface area (Å²) in [6.45, 7) is 1.83. The molecule has 6 heteroatoms. The summed E-state index contributed by atoms with van der Waals surface area (Å²) in [6, 6.07) is 11.8. The summed E-state index contributed by atoms with van der Waals surface area (Å²) in [6.07, 6.45) is -4.46. The summed E-state index contributed by atoms with van der Waals surface area (Å²) in [5, 5.41) is 5.09. The molecule has 0 bridgehead atoms. The van der Waals surface area contributed by atoms with Crippen LogP contribution in [-0.4, -0.2) is 12.6 Å². The highest BCUT2D eigenvalue weighted by molar-refractivity contribution is 5.89. The maximum Gasteiger partial charge on any atom is 0.417 e. The first kappa shape index (κ1) is 17.4. The van der Waals surface area contributed by atoms with E-state index in [-0.39, 0.29) is 12.1 Å². The Hall–Kier alpha value is -2.94. The quantitative estimate of drug-likeness (QED) is 0.796. The molecular weight excluding hydrogens is 317 g/mol. The molecule has 0 heterocycles. The van der Waals surface area contributed by atoms with Gasteiger partial charge in [0.2, 0.25) is 0 Å². The SMILES string of the molecule is Cc1cccc(NC(=O)NCC#Cc2ccccc2C(F)(F)F)c1. The number of benzene rings is 2. The van der Waals surface area contributed by atoms with Crippen molar-refractivity contribution in [3.63, 3.8) is 0 Å². The Kier molecular flexibility index (Phi) is 5.48.